The minimum absolute atomic E-state index is 0.0976. The number of ether oxygens (including phenoxy) is 2. The van der Waals surface area contributed by atoms with E-state index in [0.29, 0.717) is 12.8 Å². The molecule has 0 fully saturated rings. The molecule has 0 aromatic rings. The molecule has 0 rings (SSSR count). The molecule has 0 heterocycles. The first kappa shape index (κ1) is 46.8. The standard InChI is InChI=1S/C45H72O5/c1-3-5-7-9-11-13-15-17-19-21-22-24-26-28-30-32-34-36-38-40-45(48)50-43(41-46)42-49-44(47)39-37-35-33-31-29-27-25-23-20-18-16-14-12-10-8-6-4-2/h5,7,11-14,17-20,22,24-25,27-28,30,43,46H,3-4,6,8-10,15-16,21,23,26,29,31-42H2,1-2H3/b7-5+,13-11+,14-12+,19-17+,20-18+,24-22+,27-25+,30-28+/t43-/m0/s1. The van der Waals surface area contributed by atoms with E-state index in [4.69, 9.17) is 9.47 Å². The number of unbranched alkanes of at least 4 members (excludes halogenated alkanes) is 10. The zero-order chi connectivity index (χ0) is 36.4. The van der Waals surface area contributed by atoms with Crippen molar-refractivity contribution in [3.05, 3.63) is 97.2 Å². The summed E-state index contributed by atoms with van der Waals surface area (Å²) in [6, 6.07) is 0. The van der Waals surface area contributed by atoms with E-state index in [1.807, 2.05) is 0 Å². The van der Waals surface area contributed by atoms with Crippen LogP contribution < -0.4 is 0 Å². The number of hydrogen-bond donors (Lipinski definition) is 1. The third-order valence-electron chi connectivity index (χ3n) is 7.86. The number of hydrogen-bond acceptors (Lipinski definition) is 5. The van der Waals surface area contributed by atoms with Gasteiger partial charge in [-0.2, -0.15) is 0 Å². The van der Waals surface area contributed by atoms with Crippen LogP contribution in [0.15, 0.2) is 97.2 Å². The first-order valence-electron chi connectivity index (χ1n) is 19.8. The van der Waals surface area contributed by atoms with Gasteiger partial charge in [-0.25, -0.2) is 0 Å². The highest BCUT2D eigenvalue weighted by atomic mass is 16.6. The molecule has 1 atom stereocenters. The van der Waals surface area contributed by atoms with Crippen LogP contribution in [0.25, 0.3) is 0 Å². The molecule has 282 valence electrons. The lowest BCUT2D eigenvalue weighted by Crippen LogP contribution is -2.28. The SMILES string of the molecule is CC/C=C/C/C=C/C/C=C/C/C=C/C/C=C/CCCCCC(=O)O[C@@H](CO)COC(=O)CCCCCC/C=C/C/C=C/C/C=C/CCCCC. The van der Waals surface area contributed by atoms with Gasteiger partial charge in [-0.15, -0.1) is 0 Å². The van der Waals surface area contributed by atoms with Crippen LogP contribution in [0.1, 0.15) is 155 Å². The van der Waals surface area contributed by atoms with E-state index in [2.05, 4.69) is 111 Å². The molecule has 0 unspecified atom stereocenters. The molecule has 50 heavy (non-hydrogen) atoms. The van der Waals surface area contributed by atoms with Gasteiger partial charge in [0, 0.05) is 12.8 Å². The number of aliphatic hydroxyl groups excluding tert-OH is 1. The molecular weight excluding hydrogens is 620 g/mol. The van der Waals surface area contributed by atoms with Gasteiger partial charge in [0.05, 0.1) is 6.61 Å². The van der Waals surface area contributed by atoms with E-state index in [-0.39, 0.29) is 25.2 Å². The molecule has 0 amide bonds. The molecule has 5 heteroatoms. The van der Waals surface area contributed by atoms with Crippen LogP contribution in [0.2, 0.25) is 0 Å². The Morgan fingerprint density at radius 3 is 1.30 bits per heavy atom. The number of allylic oxidation sites excluding steroid dienone is 16. The Hall–Kier alpha value is -3.18. The fraction of sp³-hybridized carbons (Fsp3) is 0.600. The van der Waals surface area contributed by atoms with Crippen molar-refractivity contribution in [3.8, 4) is 0 Å². The molecule has 0 aliphatic heterocycles. The summed E-state index contributed by atoms with van der Waals surface area (Å²) in [7, 11) is 0. The second-order valence-corrected chi connectivity index (χ2v) is 12.6. The topological polar surface area (TPSA) is 72.8 Å². The fourth-order valence-corrected chi connectivity index (χ4v) is 4.88. The molecule has 0 spiro atoms. The van der Waals surface area contributed by atoms with Crippen LogP contribution in [0.5, 0.6) is 0 Å². The van der Waals surface area contributed by atoms with Crippen molar-refractivity contribution in [2.75, 3.05) is 13.2 Å². The highest BCUT2D eigenvalue weighted by Crippen LogP contribution is 2.09. The van der Waals surface area contributed by atoms with Crippen LogP contribution in [0.3, 0.4) is 0 Å². The monoisotopic (exact) mass is 693 g/mol. The van der Waals surface area contributed by atoms with Gasteiger partial charge in [0.25, 0.3) is 0 Å². The van der Waals surface area contributed by atoms with Gasteiger partial charge in [0.2, 0.25) is 0 Å². The average Bonchev–Trinajstić information content (AvgIpc) is 3.12. The third kappa shape index (κ3) is 37.6. The summed E-state index contributed by atoms with van der Waals surface area (Å²) in [6.45, 7) is 3.93. The van der Waals surface area contributed by atoms with Crippen LogP contribution in [-0.2, 0) is 19.1 Å². The normalized spacial score (nSPS) is 13.3. The minimum atomic E-state index is -0.804. The van der Waals surface area contributed by atoms with Gasteiger partial charge >= 0.3 is 11.9 Å². The maximum atomic E-state index is 12.2. The smallest absolute Gasteiger partial charge is 0.306 e. The van der Waals surface area contributed by atoms with Crippen LogP contribution in [-0.4, -0.2) is 36.4 Å². The minimum Gasteiger partial charge on any atom is -0.462 e. The van der Waals surface area contributed by atoms with Crippen molar-refractivity contribution in [2.24, 2.45) is 0 Å². The largest absolute Gasteiger partial charge is 0.462 e. The van der Waals surface area contributed by atoms with Crippen molar-refractivity contribution in [1.29, 1.82) is 0 Å². The summed E-state index contributed by atoms with van der Waals surface area (Å²) >= 11 is 0. The molecule has 0 saturated heterocycles. The van der Waals surface area contributed by atoms with E-state index >= 15 is 0 Å². The van der Waals surface area contributed by atoms with Gasteiger partial charge in [0.1, 0.15) is 6.61 Å². The molecule has 0 bridgehead atoms. The summed E-state index contributed by atoms with van der Waals surface area (Å²) in [5, 5.41) is 9.55. The van der Waals surface area contributed by atoms with Crippen molar-refractivity contribution < 1.29 is 24.2 Å². The lowest BCUT2D eigenvalue weighted by Gasteiger charge is -2.15. The molecule has 0 aliphatic rings. The Balaban J connectivity index is 3.72. The molecule has 5 nitrogen and oxygen atoms in total. The van der Waals surface area contributed by atoms with Crippen molar-refractivity contribution >= 4 is 11.9 Å². The molecule has 0 saturated carbocycles. The average molecular weight is 693 g/mol. The summed E-state index contributed by atoms with van der Waals surface area (Å²) < 4.78 is 10.6. The molecule has 0 aliphatic carbocycles. The van der Waals surface area contributed by atoms with E-state index in [9.17, 15) is 14.7 Å². The predicted octanol–water partition coefficient (Wildman–Crippen LogP) is 12.5. The first-order chi connectivity index (χ1) is 24.6. The summed E-state index contributed by atoms with van der Waals surface area (Å²) in [4.78, 5) is 24.3. The second kappa shape index (κ2) is 40.3. The number of esters is 2. The number of carbonyl (C=O) groups is 2. The maximum absolute atomic E-state index is 12.2. The quantitative estimate of drug-likeness (QED) is 0.0413. The van der Waals surface area contributed by atoms with Gasteiger partial charge in [-0.3, -0.25) is 9.59 Å². The Bertz CT molecular complexity index is 1010. The zero-order valence-electron chi connectivity index (χ0n) is 31.9. The van der Waals surface area contributed by atoms with E-state index in [1.165, 1.54) is 25.7 Å². The highest BCUT2D eigenvalue weighted by Gasteiger charge is 2.16. The van der Waals surface area contributed by atoms with E-state index in [0.717, 1.165) is 103 Å². The van der Waals surface area contributed by atoms with Crippen molar-refractivity contribution in [3.63, 3.8) is 0 Å². The number of aliphatic hydroxyl groups is 1. The molecule has 0 aromatic heterocycles. The Kier molecular flexibility index (Phi) is 37.7. The predicted molar refractivity (Wildman–Crippen MR) is 214 cm³/mol. The van der Waals surface area contributed by atoms with Crippen LogP contribution >= 0.6 is 0 Å². The Labute approximate surface area is 307 Å². The lowest BCUT2D eigenvalue weighted by atomic mass is 10.1. The number of rotatable bonds is 34. The van der Waals surface area contributed by atoms with Crippen LogP contribution in [0.4, 0.5) is 0 Å². The first-order valence-corrected chi connectivity index (χ1v) is 19.8. The van der Waals surface area contributed by atoms with Gasteiger partial charge in [-0.05, 0) is 96.3 Å². The van der Waals surface area contributed by atoms with E-state index in [1.54, 1.807) is 0 Å². The molecule has 0 aromatic carbocycles. The highest BCUT2D eigenvalue weighted by molar-refractivity contribution is 5.70. The second-order valence-electron chi connectivity index (χ2n) is 12.6. The summed E-state index contributed by atoms with van der Waals surface area (Å²) in [5.74, 6) is -0.664. The summed E-state index contributed by atoms with van der Waals surface area (Å²) in [6.07, 6.45) is 56.0. The van der Waals surface area contributed by atoms with Gasteiger partial charge in [0.15, 0.2) is 6.10 Å². The lowest BCUT2D eigenvalue weighted by molar-refractivity contribution is -0.161. The molecular formula is C45H72O5. The Morgan fingerprint density at radius 2 is 0.860 bits per heavy atom. The van der Waals surface area contributed by atoms with Gasteiger partial charge < -0.3 is 14.6 Å². The van der Waals surface area contributed by atoms with Crippen molar-refractivity contribution in [2.45, 2.75) is 161 Å². The molecule has 1 N–H and O–H groups in total. The third-order valence-corrected chi connectivity index (χ3v) is 7.86. The molecule has 0 radical (unpaired) electrons. The number of carbonyl (C=O) groups excluding carboxylic acids is 2. The zero-order valence-corrected chi connectivity index (χ0v) is 31.9. The van der Waals surface area contributed by atoms with Crippen molar-refractivity contribution in [1.82, 2.24) is 0 Å². The maximum Gasteiger partial charge on any atom is 0.306 e. The Morgan fingerprint density at radius 1 is 0.480 bits per heavy atom. The van der Waals surface area contributed by atoms with Crippen LogP contribution in [0, 0.1) is 0 Å². The fourth-order valence-electron chi connectivity index (χ4n) is 4.88. The van der Waals surface area contributed by atoms with Gasteiger partial charge in [-0.1, -0.05) is 143 Å². The summed E-state index contributed by atoms with van der Waals surface area (Å²) in [5.41, 5.74) is 0. The van der Waals surface area contributed by atoms with E-state index < -0.39 is 6.10 Å².